The highest BCUT2D eigenvalue weighted by Gasteiger charge is 2.07. The number of aryl methyl sites for hydroxylation is 2. The number of para-hydroxylation sites is 1. The molecular weight excluding hydrogens is 208 g/mol. The fourth-order valence-electron chi connectivity index (χ4n) is 2.24. The molecule has 0 unspecified atom stereocenters. The third-order valence-electron chi connectivity index (χ3n) is 3.13. The second-order valence-electron chi connectivity index (χ2n) is 4.33. The highest BCUT2D eigenvalue weighted by atomic mass is 14.8. The van der Waals surface area contributed by atoms with Crippen molar-refractivity contribution < 1.29 is 0 Å². The number of aromatic nitrogens is 1. The zero-order valence-corrected chi connectivity index (χ0v) is 10.9. The van der Waals surface area contributed by atoms with Crippen LogP contribution >= 0.6 is 0 Å². The minimum absolute atomic E-state index is 1.03. The van der Waals surface area contributed by atoms with Gasteiger partial charge in [0.05, 0.1) is 5.52 Å². The summed E-state index contributed by atoms with van der Waals surface area (Å²) in [5.41, 5.74) is 4.86. The summed E-state index contributed by atoms with van der Waals surface area (Å²) in [5, 5.41) is 4.51. The predicted molar refractivity (Wildman–Crippen MR) is 74.7 cm³/mol. The van der Waals surface area contributed by atoms with E-state index < -0.39 is 0 Å². The van der Waals surface area contributed by atoms with Crippen molar-refractivity contribution in [2.75, 3.05) is 12.4 Å². The molecule has 2 heteroatoms. The van der Waals surface area contributed by atoms with Gasteiger partial charge >= 0.3 is 0 Å². The molecule has 0 radical (unpaired) electrons. The molecule has 2 aromatic rings. The Kier molecular flexibility index (Phi) is 3.62. The molecule has 0 aliphatic rings. The van der Waals surface area contributed by atoms with Gasteiger partial charge in [-0.05, 0) is 24.5 Å². The number of benzene rings is 1. The van der Waals surface area contributed by atoms with Crippen molar-refractivity contribution in [2.24, 2.45) is 0 Å². The zero-order chi connectivity index (χ0) is 12.3. The van der Waals surface area contributed by atoms with Gasteiger partial charge in [0, 0.05) is 23.8 Å². The first-order chi connectivity index (χ1) is 8.30. The van der Waals surface area contributed by atoms with Gasteiger partial charge in [0.1, 0.15) is 0 Å². The van der Waals surface area contributed by atoms with E-state index in [1.54, 1.807) is 0 Å². The van der Waals surface area contributed by atoms with Crippen LogP contribution < -0.4 is 5.32 Å². The summed E-state index contributed by atoms with van der Waals surface area (Å²) in [4.78, 5) is 4.80. The summed E-state index contributed by atoms with van der Waals surface area (Å²) in [5.74, 6) is 0. The molecule has 1 heterocycles. The smallest absolute Gasteiger partial charge is 0.0757 e. The van der Waals surface area contributed by atoms with Gasteiger partial charge in [-0.15, -0.1) is 0 Å². The van der Waals surface area contributed by atoms with Gasteiger partial charge < -0.3 is 5.32 Å². The summed E-state index contributed by atoms with van der Waals surface area (Å²) >= 11 is 0. The fraction of sp³-hybridized carbons (Fsp3) is 0.400. The van der Waals surface area contributed by atoms with Gasteiger partial charge in [-0.3, -0.25) is 4.98 Å². The van der Waals surface area contributed by atoms with Gasteiger partial charge in [-0.25, -0.2) is 0 Å². The highest BCUT2D eigenvalue weighted by Crippen LogP contribution is 2.26. The van der Waals surface area contributed by atoms with E-state index in [2.05, 4.69) is 43.4 Å². The van der Waals surface area contributed by atoms with E-state index in [9.17, 15) is 0 Å². The van der Waals surface area contributed by atoms with Crippen molar-refractivity contribution in [2.45, 2.75) is 33.1 Å². The van der Waals surface area contributed by atoms with Crippen LogP contribution in [-0.4, -0.2) is 12.0 Å². The Morgan fingerprint density at radius 3 is 2.71 bits per heavy atom. The van der Waals surface area contributed by atoms with Crippen molar-refractivity contribution in [3.05, 3.63) is 35.5 Å². The van der Waals surface area contributed by atoms with Gasteiger partial charge in [-0.1, -0.05) is 38.5 Å². The molecule has 2 rings (SSSR count). The number of hydrogen-bond acceptors (Lipinski definition) is 2. The average Bonchev–Trinajstić information content (AvgIpc) is 2.37. The number of fused-ring (bicyclic) bond motifs is 1. The topological polar surface area (TPSA) is 24.9 Å². The summed E-state index contributed by atoms with van der Waals surface area (Å²) in [6, 6.07) is 8.60. The zero-order valence-electron chi connectivity index (χ0n) is 10.9. The molecule has 0 aliphatic heterocycles. The molecular formula is C15H20N2. The van der Waals surface area contributed by atoms with Crippen LogP contribution in [0.25, 0.3) is 10.9 Å². The molecule has 0 amide bonds. The van der Waals surface area contributed by atoms with E-state index in [0.717, 1.165) is 24.8 Å². The third-order valence-corrected chi connectivity index (χ3v) is 3.13. The summed E-state index contributed by atoms with van der Waals surface area (Å²) in [7, 11) is 1.98. The van der Waals surface area contributed by atoms with Crippen molar-refractivity contribution >= 4 is 16.6 Å². The van der Waals surface area contributed by atoms with E-state index in [1.165, 1.54) is 22.3 Å². The molecule has 1 aromatic heterocycles. The van der Waals surface area contributed by atoms with Gasteiger partial charge in [0.25, 0.3) is 0 Å². The lowest BCUT2D eigenvalue weighted by atomic mass is 10.0. The number of anilines is 1. The molecule has 0 fully saturated rings. The van der Waals surface area contributed by atoms with E-state index in [1.807, 2.05) is 7.05 Å². The highest BCUT2D eigenvalue weighted by molar-refractivity contribution is 5.93. The Bertz CT molecular complexity index is 518. The number of pyridine rings is 1. The number of rotatable bonds is 4. The second kappa shape index (κ2) is 5.17. The molecule has 0 bridgehead atoms. The Morgan fingerprint density at radius 2 is 2.06 bits per heavy atom. The SMILES string of the molecule is CCCc1cc(NC)c2cccc(CC)c2n1. The Labute approximate surface area is 103 Å². The van der Waals surface area contributed by atoms with Crippen molar-refractivity contribution in [3.8, 4) is 0 Å². The lowest BCUT2D eigenvalue weighted by Gasteiger charge is -2.11. The normalized spacial score (nSPS) is 10.8. The van der Waals surface area contributed by atoms with Crippen LogP contribution in [0, 0.1) is 0 Å². The van der Waals surface area contributed by atoms with E-state index >= 15 is 0 Å². The molecule has 0 saturated carbocycles. The van der Waals surface area contributed by atoms with Crippen molar-refractivity contribution in [1.29, 1.82) is 0 Å². The Balaban J connectivity index is 2.68. The Morgan fingerprint density at radius 1 is 1.24 bits per heavy atom. The lowest BCUT2D eigenvalue weighted by molar-refractivity contribution is 0.889. The van der Waals surface area contributed by atoms with Crippen molar-refractivity contribution in [1.82, 2.24) is 4.98 Å². The Hall–Kier alpha value is -1.57. The molecule has 1 N–H and O–H groups in total. The van der Waals surface area contributed by atoms with E-state index in [0.29, 0.717) is 0 Å². The lowest BCUT2D eigenvalue weighted by Crippen LogP contribution is -1.98. The molecule has 2 nitrogen and oxygen atoms in total. The van der Waals surface area contributed by atoms with Crippen LogP contribution in [0.15, 0.2) is 24.3 Å². The average molecular weight is 228 g/mol. The maximum absolute atomic E-state index is 4.80. The summed E-state index contributed by atoms with van der Waals surface area (Å²) < 4.78 is 0. The number of nitrogens with zero attached hydrogens (tertiary/aromatic N) is 1. The predicted octanol–water partition coefficient (Wildman–Crippen LogP) is 3.79. The van der Waals surface area contributed by atoms with Gasteiger partial charge in [-0.2, -0.15) is 0 Å². The number of hydrogen-bond donors (Lipinski definition) is 1. The standard InChI is InChI=1S/C15H20N2/c1-4-7-12-10-14(16-3)13-9-6-8-11(5-2)15(13)17-12/h6,8-10H,4-5,7H2,1-3H3,(H,16,17). The maximum atomic E-state index is 4.80. The van der Waals surface area contributed by atoms with Crippen LogP contribution in [0.3, 0.4) is 0 Å². The monoisotopic (exact) mass is 228 g/mol. The van der Waals surface area contributed by atoms with Crippen LogP contribution in [0.5, 0.6) is 0 Å². The van der Waals surface area contributed by atoms with Crippen LogP contribution in [0.2, 0.25) is 0 Å². The van der Waals surface area contributed by atoms with Crippen LogP contribution in [0.4, 0.5) is 5.69 Å². The van der Waals surface area contributed by atoms with Crippen molar-refractivity contribution in [3.63, 3.8) is 0 Å². The second-order valence-corrected chi connectivity index (χ2v) is 4.33. The molecule has 0 spiro atoms. The van der Waals surface area contributed by atoms with Gasteiger partial charge in [0.2, 0.25) is 0 Å². The van der Waals surface area contributed by atoms with Crippen LogP contribution in [0.1, 0.15) is 31.5 Å². The molecule has 0 aliphatic carbocycles. The summed E-state index contributed by atoms with van der Waals surface area (Å²) in [6.07, 6.45) is 3.21. The maximum Gasteiger partial charge on any atom is 0.0757 e. The molecule has 90 valence electrons. The first-order valence-electron chi connectivity index (χ1n) is 6.39. The van der Waals surface area contributed by atoms with Crippen LogP contribution in [-0.2, 0) is 12.8 Å². The number of nitrogens with one attached hydrogen (secondary N) is 1. The molecule has 17 heavy (non-hydrogen) atoms. The molecule has 0 atom stereocenters. The molecule has 0 saturated heterocycles. The third kappa shape index (κ3) is 2.26. The first kappa shape index (κ1) is 11.9. The minimum atomic E-state index is 1.03. The molecule has 1 aromatic carbocycles. The quantitative estimate of drug-likeness (QED) is 0.861. The fourth-order valence-corrected chi connectivity index (χ4v) is 2.24. The first-order valence-corrected chi connectivity index (χ1v) is 6.39. The van der Waals surface area contributed by atoms with E-state index in [4.69, 9.17) is 4.98 Å². The van der Waals surface area contributed by atoms with E-state index in [-0.39, 0.29) is 0 Å². The minimum Gasteiger partial charge on any atom is -0.388 e. The van der Waals surface area contributed by atoms with Gasteiger partial charge in [0.15, 0.2) is 0 Å². The summed E-state index contributed by atoms with van der Waals surface area (Å²) in [6.45, 7) is 4.37. The largest absolute Gasteiger partial charge is 0.388 e.